The number of nitrogens with two attached hydrogens (primary N) is 1. The molecule has 7 heteroatoms. The molecule has 2 N–H and O–H groups in total. The molecule has 0 fully saturated rings. The van der Waals surface area contributed by atoms with Gasteiger partial charge in [0.05, 0.1) is 13.4 Å². The Labute approximate surface area is 155 Å². The summed E-state index contributed by atoms with van der Waals surface area (Å²) in [6, 6.07) is 6.80. The summed E-state index contributed by atoms with van der Waals surface area (Å²) in [5, 5.41) is 14.9. The zero-order valence-electron chi connectivity index (χ0n) is 15.2. The Kier molecular flexibility index (Phi) is 5.61. The van der Waals surface area contributed by atoms with E-state index in [9.17, 15) is 14.7 Å². The van der Waals surface area contributed by atoms with Crippen LogP contribution >= 0.6 is 0 Å². The van der Waals surface area contributed by atoms with Gasteiger partial charge >= 0.3 is 11.6 Å². The quantitative estimate of drug-likeness (QED) is 0.493. The van der Waals surface area contributed by atoms with E-state index >= 15 is 0 Å². The third-order valence-corrected chi connectivity index (χ3v) is 4.60. The Balaban J connectivity index is 1.91. The van der Waals surface area contributed by atoms with E-state index in [0.29, 0.717) is 35.2 Å². The van der Waals surface area contributed by atoms with Crippen molar-refractivity contribution in [1.29, 1.82) is 0 Å². The van der Waals surface area contributed by atoms with Crippen LogP contribution in [0.4, 0.5) is 0 Å². The molecule has 7 nitrogen and oxygen atoms in total. The summed E-state index contributed by atoms with van der Waals surface area (Å²) in [6.07, 6.45) is 1.92. The number of carbonyl (C=O) groups excluding carboxylic acids is 1. The number of rotatable bonds is 7. The Morgan fingerprint density at radius 2 is 2.04 bits per heavy atom. The zero-order chi connectivity index (χ0) is 19.4. The first-order valence-electron chi connectivity index (χ1n) is 8.67. The molecule has 0 spiro atoms. The van der Waals surface area contributed by atoms with Gasteiger partial charge in [0.25, 0.3) is 0 Å². The summed E-state index contributed by atoms with van der Waals surface area (Å²) >= 11 is 0. The van der Waals surface area contributed by atoms with Crippen LogP contribution in [0.5, 0.6) is 5.75 Å². The lowest BCUT2D eigenvalue weighted by molar-refractivity contribution is -0.688. The molecule has 0 aliphatic rings. The molecular weight excluding hydrogens is 350 g/mol. The van der Waals surface area contributed by atoms with Crippen LogP contribution < -0.4 is 16.0 Å². The maximum absolute atomic E-state index is 12.4. The number of carbonyl (C=O) groups is 1. The summed E-state index contributed by atoms with van der Waals surface area (Å²) in [6.45, 7) is 2.73. The smallest absolute Gasteiger partial charge is 0.339 e. The van der Waals surface area contributed by atoms with E-state index in [0.717, 1.165) is 11.3 Å². The second-order valence-corrected chi connectivity index (χ2v) is 6.26. The number of ether oxygens (including phenoxy) is 1. The predicted octanol–water partition coefficient (Wildman–Crippen LogP) is 1.14. The Morgan fingerprint density at radius 3 is 2.74 bits per heavy atom. The Morgan fingerprint density at radius 1 is 1.22 bits per heavy atom. The number of methoxy groups -OCH3 is 1. The first kappa shape index (κ1) is 18.7. The maximum atomic E-state index is 12.4. The van der Waals surface area contributed by atoms with Gasteiger partial charge in [-0.05, 0) is 31.0 Å². The molecular formula is C20H21NO6. The highest BCUT2D eigenvalue weighted by atomic mass is 16.5. The fraction of sp³-hybridized carbons (Fsp3) is 0.300. The van der Waals surface area contributed by atoms with Crippen LogP contribution in [-0.4, -0.2) is 13.1 Å². The lowest BCUT2D eigenvalue weighted by Gasteiger charge is -2.16. The summed E-state index contributed by atoms with van der Waals surface area (Å²) < 4.78 is 15.4. The van der Waals surface area contributed by atoms with Crippen LogP contribution in [0.15, 0.2) is 44.2 Å². The number of benzene rings is 1. The van der Waals surface area contributed by atoms with Crippen LogP contribution in [0, 0.1) is 6.92 Å². The monoisotopic (exact) mass is 371 g/mol. The van der Waals surface area contributed by atoms with Gasteiger partial charge in [-0.25, -0.2) is 4.79 Å². The van der Waals surface area contributed by atoms with Gasteiger partial charge in [-0.15, -0.1) is 0 Å². The number of fused-ring (bicyclic) bond motifs is 1. The number of furan rings is 1. The molecule has 0 aliphatic heterocycles. The third kappa shape index (κ3) is 4.03. The average Bonchev–Trinajstić information content (AvgIpc) is 3.16. The number of esters is 1. The minimum absolute atomic E-state index is 0.0943. The molecule has 0 amide bonds. The van der Waals surface area contributed by atoms with Crippen molar-refractivity contribution < 1.29 is 28.8 Å². The van der Waals surface area contributed by atoms with Crippen molar-refractivity contribution in [3.63, 3.8) is 0 Å². The van der Waals surface area contributed by atoms with Crippen LogP contribution in [0.3, 0.4) is 0 Å². The number of aryl methyl sites for hydroxylation is 1. The topological polar surface area (TPSA) is 109 Å². The van der Waals surface area contributed by atoms with Crippen molar-refractivity contribution in [3.8, 4) is 5.75 Å². The van der Waals surface area contributed by atoms with Crippen LogP contribution in [-0.2, 0) is 29.0 Å². The molecule has 27 heavy (non-hydrogen) atoms. The highest BCUT2D eigenvalue weighted by molar-refractivity contribution is 5.85. The van der Waals surface area contributed by atoms with Gasteiger partial charge in [0, 0.05) is 22.9 Å². The van der Waals surface area contributed by atoms with Crippen molar-refractivity contribution in [2.45, 2.75) is 32.9 Å². The number of hydrogen-bond acceptors (Lipinski definition) is 6. The first-order valence-corrected chi connectivity index (χ1v) is 8.67. The molecule has 0 aliphatic carbocycles. The maximum Gasteiger partial charge on any atom is 0.339 e. The summed E-state index contributed by atoms with van der Waals surface area (Å²) in [5.41, 5.74) is 1.37. The van der Waals surface area contributed by atoms with E-state index < -0.39 is 11.6 Å². The summed E-state index contributed by atoms with van der Waals surface area (Å²) in [4.78, 5) is 23.8. The van der Waals surface area contributed by atoms with E-state index in [2.05, 4.69) is 4.74 Å². The Hall–Kier alpha value is -3.06. The molecule has 0 saturated carbocycles. The van der Waals surface area contributed by atoms with Crippen LogP contribution in [0.25, 0.3) is 11.0 Å². The van der Waals surface area contributed by atoms with Crippen molar-refractivity contribution in [1.82, 2.24) is 0 Å². The van der Waals surface area contributed by atoms with Crippen LogP contribution in [0.2, 0.25) is 0 Å². The minimum atomic E-state index is -0.526. The van der Waals surface area contributed by atoms with Crippen molar-refractivity contribution >= 4 is 16.9 Å². The lowest BCUT2D eigenvalue weighted by atomic mass is 10.00. The van der Waals surface area contributed by atoms with E-state index in [-0.39, 0.29) is 18.6 Å². The Bertz CT molecular complexity index is 1000. The largest absolute Gasteiger partial charge is 0.872 e. The highest BCUT2D eigenvalue weighted by Crippen LogP contribution is 2.27. The van der Waals surface area contributed by atoms with Crippen LogP contribution in [0.1, 0.15) is 28.9 Å². The number of quaternary nitrogens is 1. The molecule has 3 aromatic rings. The first-order chi connectivity index (χ1) is 13.0. The molecule has 1 aromatic carbocycles. The van der Waals surface area contributed by atoms with Gasteiger partial charge in [-0.3, -0.25) is 4.79 Å². The molecule has 0 atom stereocenters. The fourth-order valence-corrected chi connectivity index (χ4v) is 3.09. The predicted molar refractivity (Wildman–Crippen MR) is 95.0 cm³/mol. The fourth-order valence-electron chi connectivity index (χ4n) is 3.09. The normalized spacial score (nSPS) is 11.0. The van der Waals surface area contributed by atoms with Gasteiger partial charge in [-0.1, -0.05) is 17.9 Å². The van der Waals surface area contributed by atoms with E-state index in [1.165, 1.54) is 13.2 Å². The second kappa shape index (κ2) is 8.09. The van der Waals surface area contributed by atoms with Crippen molar-refractivity contribution in [3.05, 3.63) is 63.4 Å². The molecule has 0 saturated heterocycles. The average molecular weight is 371 g/mol. The molecule has 0 radical (unpaired) electrons. The molecule has 3 rings (SSSR count). The van der Waals surface area contributed by atoms with Gasteiger partial charge < -0.3 is 24.0 Å². The van der Waals surface area contributed by atoms with E-state index in [1.54, 1.807) is 25.3 Å². The molecule has 142 valence electrons. The van der Waals surface area contributed by atoms with Gasteiger partial charge in [0.1, 0.15) is 18.7 Å². The van der Waals surface area contributed by atoms with Gasteiger partial charge in [0.2, 0.25) is 0 Å². The molecule has 2 heterocycles. The standard InChI is InChI=1S/C20H21NO6/c1-12-14-5-7-17(22)16(11-21-10-13-4-3-9-26-13)19(14)27-20(24)15(12)6-8-18(23)25-2/h3-5,7,9,21-22H,6,8,10-11H2,1-2H3. The minimum Gasteiger partial charge on any atom is -0.872 e. The van der Waals surface area contributed by atoms with E-state index in [4.69, 9.17) is 8.83 Å². The SMILES string of the molecule is COC(=O)CCc1c(C)c2ccc([O-])c(C[NH2+]Cc3ccco3)c2oc1=O. The molecule has 0 bridgehead atoms. The third-order valence-electron chi connectivity index (χ3n) is 4.60. The van der Waals surface area contributed by atoms with Gasteiger partial charge in [0.15, 0.2) is 5.76 Å². The number of hydrogen-bond donors (Lipinski definition) is 1. The highest BCUT2D eigenvalue weighted by Gasteiger charge is 2.16. The summed E-state index contributed by atoms with van der Waals surface area (Å²) in [5.74, 6) is 0.227. The molecule has 2 aromatic heterocycles. The molecule has 0 unspecified atom stereocenters. The lowest BCUT2D eigenvalue weighted by Crippen LogP contribution is -2.80. The van der Waals surface area contributed by atoms with Gasteiger partial charge in [-0.2, -0.15) is 0 Å². The summed E-state index contributed by atoms with van der Waals surface area (Å²) in [7, 11) is 1.30. The van der Waals surface area contributed by atoms with Crippen molar-refractivity contribution in [2.75, 3.05) is 7.11 Å². The zero-order valence-corrected chi connectivity index (χ0v) is 15.2. The second-order valence-electron chi connectivity index (χ2n) is 6.26. The van der Waals surface area contributed by atoms with Crippen molar-refractivity contribution in [2.24, 2.45) is 0 Å². The van der Waals surface area contributed by atoms with E-state index in [1.807, 2.05) is 11.4 Å².